The Bertz CT molecular complexity index is 599. The van der Waals surface area contributed by atoms with Gasteiger partial charge in [-0.2, -0.15) is 0 Å². The Labute approximate surface area is 124 Å². The maximum atomic E-state index is 11.9. The summed E-state index contributed by atoms with van der Waals surface area (Å²) in [6.45, 7) is 0.216. The second kappa shape index (κ2) is 6.43. The zero-order chi connectivity index (χ0) is 14.0. The van der Waals surface area contributed by atoms with E-state index in [2.05, 4.69) is 10.0 Å². The number of benzene rings is 1. The molecule has 0 radical (unpaired) electrons. The molecule has 1 aromatic rings. The highest BCUT2D eigenvalue weighted by atomic mass is 35.5. The first-order valence-electron chi connectivity index (χ1n) is 5.92. The molecule has 1 aliphatic carbocycles. The summed E-state index contributed by atoms with van der Waals surface area (Å²) in [4.78, 5) is 11.9. The van der Waals surface area contributed by atoms with Gasteiger partial charge in [0.05, 0.1) is 18.5 Å². The summed E-state index contributed by atoms with van der Waals surface area (Å²) in [6.07, 6.45) is 3.16. The lowest BCUT2D eigenvalue weighted by Gasteiger charge is -2.09. The van der Waals surface area contributed by atoms with Crippen LogP contribution in [0.4, 0.5) is 5.69 Å². The molecule has 8 heteroatoms. The van der Waals surface area contributed by atoms with Gasteiger partial charge in [-0.1, -0.05) is 0 Å². The van der Waals surface area contributed by atoms with Crippen molar-refractivity contribution in [1.29, 1.82) is 0 Å². The topological polar surface area (TPSA) is 95.5 Å². The van der Waals surface area contributed by atoms with Gasteiger partial charge in [-0.25, -0.2) is 8.42 Å². The molecule has 0 aromatic heterocycles. The van der Waals surface area contributed by atoms with Crippen LogP contribution in [0.1, 0.15) is 23.2 Å². The van der Waals surface area contributed by atoms with Crippen LogP contribution in [0.15, 0.2) is 18.2 Å². The van der Waals surface area contributed by atoms with E-state index in [0.29, 0.717) is 11.6 Å². The fourth-order valence-electron chi connectivity index (χ4n) is 1.62. The van der Waals surface area contributed by atoms with Gasteiger partial charge in [0.2, 0.25) is 10.0 Å². The van der Waals surface area contributed by atoms with Crippen LogP contribution in [-0.2, 0) is 10.0 Å². The number of aromatic hydroxyl groups is 1. The zero-order valence-electron chi connectivity index (χ0n) is 10.9. The Kier molecular flexibility index (Phi) is 5.38. The van der Waals surface area contributed by atoms with E-state index in [-0.39, 0.29) is 36.2 Å². The summed E-state index contributed by atoms with van der Waals surface area (Å²) in [6, 6.07) is 4.54. The first kappa shape index (κ1) is 16.7. The first-order chi connectivity index (χ1) is 8.85. The van der Waals surface area contributed by atoms with Crippen LogP contribution in [0.2, 0.25) is 0 Å². The monoisotopic (exact) mass is 320 g/mol. The summed E-state index contributed by atoms with van der Waals surface area (Å²) in [7, 11) is -3.49. The van der Waals surface area contributed by atoms with Crippen LogP contribution < -0.4 is 10.0 Å². The summed E-state index contributed by atoms with van der Waals surface area (Å²) in [5.74, 6) is -0.347. The molecular weight excluding hydrogens is 304 g/mol. The van der Waals surface area contributed by atoms with Gasteiger partial charge in [0.15, 0.2) is 5.78 Å². The second-order valence-corrected chi connectivity index (χ2v) is 6.43. The van der Waals surface area contributed by atoms with Crippen molar-refractivity contribution < 1.29 is 18.3 Å². The number of carbonyl (C=O) groups is 1. The number of ketones is 1. The second-order valence-electron chi connectivity index (χ2n) is 4.68. The number of halogens is 1. The van der Waals surface area contributed by atoms with Crippen molar-refractivity contribution in [3.05, 3.63) is 23.8 Å². The molecule has 1 saturated carbocycles. The lowest BCUT2D eigenvalue weighted by Crippen LogP contribution is -2.24. The predicted molar refractivity (Wildman–Crippen MR) is 79.2 cm³/mol. The first-order valence-corrected chi connectivity index (χ1v) is 7.82. The molecule has 1 aromatic carbocycles. The number of phenolic OH excluding ortho intramolecular Hbond substituents is 1. The summed E-state index contributed by atoms with van der Waals surface area (Å²) >= 11 is 0. The summed E-state index contributed by atoms with van der Waals surface area (Å²) in [5, 5.41) is 12.6. The number of Topliss-reactive ketones (excluding diaryl/α,β-unsaturated/α-hetero) is 1. The molecule has 6 nitrogen and oxygen atoms in total. The van der Waals surface area contributed by atoms with E-state index < -0.39 is 10.0 Å². The molecule has 1 fully saturated rings. The van der Waals surface area contributed by atoms with Gasteiger partial charge < -0.3 is 10.4 Å². The minimum Gasteiger partial charge on any atom is -0.506 e. The Morgan fingerprint density at radius 1 is 1.40 bits per heavy atom. The van der Waals surface area contributed by atoms with Gasteiger partial charge in [-0.15, -0.1) is 12.4 Å². The van der Waals surface area contributed by atoms with E-state index in [0.717, 1.165) is 19.1 Å². The third-order valence-electron chi connectivity index (χ3n) is 2.74. The third kappa shape index (κ3) is 4.99. The van der Waals surface area contributed by atoms with Gasteiger partial charge >= 0.3 is 0 Å². The van der Waals surface area contributed by atoms with Crippen molar-refractivity contribution in [1.82, 2.24) is 5.32 Å². The van der Waals surface area contributed by atoms with Crippen LogP contribution in [-0.4, -0.2) is 38.1 Å². The fourth-order valence-corrected chi connectivity index (χ4v) is 2.18. The Morgan fingerprint density at radius 3 is 2.60 bits per heavy atom. The lowest BCUT2D eigenvalue weighted by molar-refractivity contribution is 0.0990. The molecule has 20 heavy (non-hydrogen) atoms. The van der Waals surface area contributed by atoms with Gasteiger partial charge in [0, 0.05) is 11.6 Å². The predicted octanol–water partition coefficient (Wildman–Crippen LogP) is 1.12. The van der Waals surface area contributed by atoms with E-state index in [4.69, 9.17) is 0 Å². The Balaban J connectivity index is 0.00000200. The molecule has 0 bridgehead atoms. The van der Waals surface area contributed by atoms with Gasteiger partial charge in [-0.3, -0.25) is 9.52 Å². The van der Waals surface area contributed by atoms with Crippen LogP contribution in [0.3, 0.4) is 0 Å². The molecule has 0 unspecified atom stereocenters. The number of carbonyl (C=O) groups excluding carboxylic acids is 1. The molecule has 0 heterocycles. The highest BCUT2D eigenvalue weighted by Gasteiger charge is 2.21. The minimum absolute atomic E-state index is 0. The smallest absolute Gasteiger partial charge is 0.229 e. The maximum Gasteiger partial charge on any atom is 0.229 e. The highest BCUT2D eigenvalue weighted by molar-refractivity contribution is 7.92. The number of sulfonamides is 1. The van der Waals surface area contributed by atoms with Crippen LogP contribution in [0.25, 0.3) is 0 Å². The molecule has 0 aliphatic heterocycles. The average molecular weight is 321 g/mol. The van der Waals surface area contributed by atoms with Gasteiger partial charge in [-0.05, 0) is 31.0 Å². The largest absolute Gasteiger partial charge is 0.506 e. The number of phenols is 1. The quantitative estimate of drug-likeness (QED) is 0.539. The Morgan fingerprint density at radius 2 is 2.05 bits per heavy atom. The van der Waals surface area contributed by atoms with E-state index in [1.54, 1.807) is 0 Å². The average Bonchev–Trinajstić information content (AvgIpc) is 3.11. The van der Waals surface area contributed by atoms with E-state index in [1.807, 2.05) is 0 Å². The molecule has 0 saturated heterocycles. The number of hydrogen-bond donors (Lipinski definition) is 3. The number of rotatable bonds is 6. The van der Waals surface area contributed by atoms with Gasteiger partial charge in [0.25, 0.3) is 0 Å². The van der Waals surface area contributed by atoms with E-state index in [1.165, 1.54) is 18.2 Å². The molecule has 0 spiro atoms. The van der Waals surface area contributed by atoms with Crippen LogP contribution in [0.5, 0.6) is 5.75 Å². The zero-order valence-corrected chi connectivity index (χ0v) is 12.6. The van der Waals surface area contributed by atoms with Crippen molar-refractivity contribution in [3.63, 3.8) is 0 Å². The fraction of sp³-hybridized carbons (Fsp3) is 0.417. The molecule has 1 aliphatic rings. The standard InChI is InChI=1S/C12H16N2O4S.ClH/c1-19(17,18)14-10-6-8(2-5-11(10)15)12(16)7-13-9-3-4-9;/h2,5-6,9,13-15H,3-4,7H2,1H3;1H. The normalized spacial score (nSPS) is 14.4. The van der Waals surface area contributed by atoms with E-state index >= 15 is 0 Å². The SMILES string of the molecule is CS(=O)(=O)Nc1cc(C(=O)CNC2CC2)ccc1O.Cl. The highest BCUT2D eigenvalue weighted by Crippen LogP contribution is 2.25. The minimum atomic E-state index is -3.49. The van der Waals surface area contributed by atoms with Crippen molar-refractivity contribution in [2.45, 2.75) is 18.9 Å². The number of anilines is 1. The molecule has 0 amide bonds. The Hall–Kier alpha value is -1.31. The summed E-state index contributed by atoms with van der Waals surface area (Å²) < 4.78 is 24.4. The van der Waals surface area contributed by atoms with E-state index in [9.17, 15) is 18.3 Å². The molecular formula is C12H17ClN2O4S. The van der Waals surface area contributed by atoms with Crippen LogP contribution in [0, 0.1) is 0 Å². The number of nitrogens with one attached hydrogen (secondary N) is 2. The van der Waals surface area contributed by atoms with Crippen LogP contribution >= 0.6 is 12.4 Å². The molecule has 112 valence electrons. The molecule has 2 rings (SSSR count). The van der Waals surface area contributed by atoms with Crippen molar-refractivity contribution in [3.8, 4) is 5.75 Å². The number of hydrogen-bond acceptors (Lipinski definition) is 5. The summed E-state index contributed by atoms with van der Waals surface area (Å²) in [5.41, 5.74) is 0.372. The van der Waals surface area contributed by atoms with Crippen molar-refractivity contribution in [2.75, 3.05) is 17.5 Å². The lowest BCUT2D eigenvalue weighted by atomic mass is 10.1. The molecule has 3 N–H and O–H groups in total. The van der Waals surface area contributed by atoms with Gasteiger partial charge in [0.1, 0.15) is 5.75 Å². The van der Waals surface area contributed by atoms with Crippen molar-refractivity contribution >= 4 is 33.9 Å². The van der Waals surface area contributed by atoms with Crippen molar-refractivity contribution in [2.24, 2.45) is 0 Å². The molecule has 0 atom stereocenters. The maximum absolute atomic E-state index is 11.9. The third-order valence-corrected chi connectivity index (χ3v) is 3.33.